The fraction of sp³-hybridized carbons (Fsp3) is 0.652. The highest BCUT2D eigenvalue weighted by Crippen LogP contribution is 2.64. The second kappa shape index (κ2) is 11.3. The van der Waals surface area contributed by atoms with E-state index in [0.717, 1.165) is 31.0 Å². The second-order valence-electron chi connectivity index (χ2n) is 8.93. The first-order chi connectivity index (χ1) is 16.4. The van der Waals surface area contributed by atoms with Crippen LogP contribution in [-0.4, -0.2) is 79.6 Å². The van der Waals surface area contributed by atoms with Crippen LogP contribution in [0.3, 0.4) is 0 Å². The molecule has 1 spiro atoms. The molecule has 1 aliphatic carbocycles. The summed E-state index contributed by atoms with van der Waals surface area (Å²) in [6.45, 7) is -0.156. The topological polar surface area (TPSA) is 77.3 Å². The molecule has 2 heterocycles. The maximum absolute atomic E-state index is 14.0. The Morgan fingerprint density at radius 1 is 1.35 bits per heavy atom. The number of nitrogens with two attached hydrogens (primary N) is 1. The van der Waals surface area contributed by atoms with Gasteiger partial charge < -0.3 is 24.6 Å². The van der Waals surface area contributed by atoms with Gasteiger partial charge in [-0.2, -0.15) is 0 Å². The number of hydrogen-bond acceptors (Lipinski definition) is 7. The predicted octanol–water partition coefficient (Wildman–Crippen LogP) is 4.45. The molecule has 0 bridgehead atoms. The van der Waals surface area contributed by atoms with Crippen molar-refractivity contribution in [3.8, 4) is 11.5 Å². The average Bonchev–Trinajstić information content (AvgIpc) is 3.08. The van der Waals surface area contributed by atoms with Crippen molar-refractivity contribution < 1.29 is 18.6 Å². The Morgan fingerprint density at radius 2 is 2.12 bits per heavy atom. The molecule has 1 aromatic carbocycles. The minimum Gasteiger partial charge on any atom is -0.493 e. The van der Waals surface area contributed by atoms with Crippen LogP contribution >= 0.6 is 41.3 Å². The van der Waals surface area contributed by atoms with E-state index in [2.05, 4.69) is 30.2 Å². The van der Waals surface area contributed by atoms with Gasteiger partial charge in [-0.1, -0.05) is 29.6 Å². The fourth-order valence-electron chi connectivity index (χ4n) is 5.21. The largest absolute Gasteiger partial charge is 0.493 e. The first-order valence-electron chi connectivity index (χ1n) is 11.7. The van der Waals surface area contributed by atoms with Crippen molar-refractivity contribution in [2.75, 3.05) is 57.8 Å². The Labute approximate surface area is 216 Å². The van der Waals surface area contributed by atoms with Gasteiger partial charge in [-0.15, -0.1) is 23.2 Å². The Kier molecular flexibility index (Phi) is 8.85. The van der Waals surface area contributed by atoms with Crippen LogP contribution in [-0.2, 0) is 21.0 Å². The van der Waals surface area contributed by atoms with Crippen LogP contribution in [0, 0.1) is 0 Å². The van der Waals surface area contributed by atoms with Gasteiger partial charge in [-0.05, 0) is 31.6 Å². The molecule has 2 N–H and O–H groups in total. The van der Waals surface area contributed by atoms with Crippen LogP contribution in [0.2, 0.25) is 0 Å². The van der Waals surface area contributed by atoms with Crippen LogP contribution in [0.4, 0.5) is 0 Å². The maximum atomic E-state index is 14.0. The summed E-state index contributed by atoms with van der Waals surface area (Å²) < 4.78 is 34.4. The van der Waals surface area contributed by atoms with Gasteiger partial charge in [0.1, 0.15) is 6.10 Å². The molecule has 1 unspecified atom stereocenters. The molecule has 0 radical (unpaired) electrons. The highest BCUT2D eigenvalue weighted by Gasteiger charge is 2.53. The van der Waals surface area contributed by atoms with Gasteiger partial charge in [-0.3, -0.25) is 4.57 Å². The Hall–Kier alpha value is -0.440. The molecule has 0 saturated carbocycles. The smallest absolute Gasteiger partial charge is 0.329 e. The highest BCUT2D eigenvalue weighted by atomic mass is 35.5. The lowest BCUT2D eigenvalue weighted by atomic mass is 9.69. The lowest BCUT2D eigenvalue weighted by molar-refractivity contribution is 0.0905. The molecule has 34 heavy (non-hydrogen) atoms. The summed E-state index contributed by atoms with van der Waals surface area (Å²) in [6.07, 6.45) is 5.35. The van der Waals surface area contributed by atoms with Crippen LogP contribution in [0.25, 0.3) is 0 Å². The molecule has 1 aromatic rings. The van der Waals surface area contributed by atoms with Gasteiger partial charge in [0.2, 0.25) is 0 Å². The van der Waals surface area contributed by atoms with E-state index >= 15 is 0 Å². The first-order valence-corrected chi connectivity index (χ1v) is 15.9. The summed E-state index contributed by atoms with van der Waals surface area (Å²) in [7, 11) is 3.82. The van der Waals surface area contributed by atoms with Crippen LogP contribution in [0.1, 0.15) is 24.0 Å². The number of hydrogen-bond donors (Lipinski definition) is 1. The minimum absolute atomic E-state index is 0.124. The van der Waals surface area contributed by atoms with Crippen molar-refractivity contribution >= 4 is 41.3 Å². The van der Waals surface area contributed by atoms with Gasteiger partial charge in [-0.25, -0.2) is 4.67 Å². The summed E-state index contributed by atoms with van der Waals surface area (Å²) in [5.41, 5.74) is 7.97. The van der Waals surface area contributed by atoms with E-state index in [4.69, 9.17) is 42.9 Å². The van der Waals surface area contributed by atoms with Crippen molar-refractivity contribution in [2.24, 2.45) is 5.73 Å². The highest BCUT2D eigenvalue weighted by molar-refractivity contribution is 8.55. The average molecular weight is 550 g/mol. The zero-order valence-electron chi connectivity index (χ0n) is 19.8. The van der Waals surface area contributed by atoms with Crippen molar-refractivity contribution in [1.29, 1.82) is 0 Å². The number of benzene rings is 1. The molecule has 190 valence electrons. The number of methoxy groups -OCH3 is 1. The van der Waals surface area contributed by atoms with Gasteiger partial charge in [0.15, 0.2) is 11.5 Å². The number of nitrogens with zero attached hydrogens (tertiary/aromatic N) is 2. The molecule has 4 atom stereocenters. The quantitative estimate of drug-likeness (QED) is 0.246. The molecule has 7 nitrogen and oxygen atoms in total. The zero-order valence-corrected chi connectivity index (χ0v) is 23.0. The Morgan fingerprint density at radius 3 is 2.79 bits per heavy atom. The number of rotatable bonds is 11. The third-order valence-corrected chi connectivity index (χ3v) is 12.0. The van der Waals surface area contributed by atoms with E-state index in [1.807, 2.05) is 6.07 Å². The summed E-state index contributed by atoms with van der Waals surface area (Å²) in [5, 5.41) is 0. The SMILES string of the molecule is COc1ccc2c3c1O[C@H]1C[C@@H](OP(=O)(SCCN)N(CCCl)CCCl)C=C[C@@]31CCN(C)C2. The standard InChI is InChI=1S/C23H34Cl2N3O4PS/c1-27-11-7-23-6-5-18(32-33(29,34-14-10-26)28(12-8-24)13-9-25)15-20(23)31-22-19(30-2)4-3-17(16-27)21(22)23/h3-6,18,20H,7-16,26H2,1-2H3/t18-,20-,23-,33?/m0/s1. The van der Waals surface area contributed by atoms with E-state index in [9.17, 15) is 4.57 Å². The van der Waals surface area contributed by atoms with Gasteiger partial charge >= 0.3 is 6.72 Å². The summed E-state index contributed by atoms with van der Waals surface area (Å²) >= 11 is 13.3. The van der Waals surface area contributed by atoms with Gasteiger partial charge in [0, 0.05) is 55.7 Å². The first kappa shape index (κ1) is 26.6. The molecular weight excluding hydrogens is 516 g/mol. The monoisotopic (exact) mass is 549 g/mol. The van der Waals surface area contributed by atoms with Gasteiger partial charge in [0.25, 0.3) is 0 Å². The molecule has 0 amide bonds. The molecule has 0 aromatic heterocycles. The lowest BCUT2D eigenvalue weighted by Crippen LogP contribution is -2.43. The summed E-state index contributed by atoms with van der Waals surface area (Å²) in [6, 6.07) is 4.14. The second-order valence-corrected chi connectivity index (χ2v) is 14.2. The number of alkyl halides is 2. The molecule has 4 rings (SSSR count). The summed E-state index contributed by atoms with van der Waals surface area (Å²) in [4.78, 5) is 2.34. The number of ether oxygens (including phenoxy) is 2. The van der Waals surface area contributed by atoms with E-state index in [1.54, 1.807) is 11.8 Å². The molecule has 0 saturated heterocycles. The third kappa shape index (κ3) is 5.03. The van der Waals surface area contributed by atoms with E-state index in [1.165, 1.54) is 22.5 Å². The summed E-state index contributed by atoms with van der Waals surface area (Å²) in [5.74, 6) is 2.79. The minimum atomic E-state index is -3.26. The van der Waals surface area contributed by atoms with E-state index in [0.29, 0.717) is 43.6 Å². The lowest BCUT2D eigenvalue weighted by Gasteiger charge is -2.39. The third-order valence-electron chi connectivity index (χ3n) is 6.80. The van der Waals surface area contributed by atoms with E-state index in [-0.39, 0.29) is 17.6 Å². The van der Waals surface area contributed by atoms with Crippen molar-refractivity contribution in [3.63, 3.8) is 0 Å². The Bertz CT molecular complexity index is 949. The van der Waals surface area contributed by atoms with Crippen molar-refractivity contribution in [3.05, 3.63) is 35.4 Å². The van der Waals surface area contributed by atoms with E-state index < -0.39 is 6.72 Å². The Balaban J connectivity index is 1.65. The molecule has 0 fully saturated rings. The maximum Gasteiger partial charge on any atom is 0.329 e. The van der Waals surface area contributed by atoms with Crippen LogP contribution in [0.5, 0.6) is 11.5 Å². The van der Waals surface area contributed by atoms with Crippen molar-refractivity contribution in [1.82, 2.24) is 9.57 Å². The van der Waals surface area contributed by atoms with Gasteiger partial charge in [0.05, 0.1) is 18.6 Å². The predicted molar refractivity (Wildman–Crippen MR) is 141 cm³/mol. The number of halogens is 2. The van der Waals surface area contributed by atoms with Crippen LogP contribution < -0.4 is 15.2 Å². The normalized spacial score (nSPS) is 27.6. The zero-order chi connectivity index (χ0) is 24.3. The van der Waals surface area contributed by atoms with Crippen LogP contribution in [0.15, 0.2) is 24.3 Å². The fourth-order valence-corrected chi connectivity index (χ4v) is 10.2. The molecular formula is C23H34Cl2N3O4PS. The molecule has 11 heteroatoms. The molecule has 2 aliphatic heterocycles. The van der Waals surface area contributed by atoms with Crippen molar-refractivity contribution in [2.45, 2.75) is 37.0 Å². The molecule has 3 aliphatic rings.